The summed E-state index contributed by atoms with van der Waals surface area (Å²) in [6, 6.07) is 16.4. The molecule has 26 heavy (non-hydrogen) atoms. The first-order valence-electron chi connectivity index (χ1n) is 8.29. The van der Waals surface area contributed by atoms with E-state index in [9.17, 15) is 9.59 Å². The molecule has 1 unspecified atom stereocenters. The molecule has 5 nitrogen and oxygen atoms in total. The van der Waals surface area contributed by atoms with Crippen LogP contribution in [0.1, 0.15) is 23.7 Å². The number of ether oxygens (including phenoxy) is 1. The van der Waals surface area contributed by atoms with Gasteiger partial charge in [0.2, 0.25) is 0 Å². The van der Waals surface area contributed by atoms with Crippen molar-refractivity contribution < 1.29 is 14.3 Å². The Balaban J connectivity index is 1.88. The molecule has 0 spiro atoms. The van der Waals surface area contributed by atoms with Gasteiger partial charge in [-0.1, -0.05) is 0 Å². The van der Waals surface area contributed by atoms with E-state index >= 15 is 0 Å². The monoisotopic (exact) mass is 438 g/mol. The molecule has 0 fully saturated rings. The maximum atomic E-state index is 12.5. The fraction of sp³-hybridized carbons (Fsp3) is 0.263. The van der Waals surface area contributed by atoms with Crippen LogP contribution in [0.2, 0.25) is 0 Å². The third-order valence-corrected chi connectivity index (χ3v) is 7.78. The molecule has 0 saturated heterocycles. The molecule has 1 amide bonds. The molecule has 0 aliphatic rings. The minimum absolute atomic E-state index is 0.0546. The zero-order valence-electron chi connectivity index (χ0n) is 14.5. The fourth-order valence-corrected chi connectivity index (χ4v) is 6.15. The molecular weight excluding hydrogens is 415 g/mol. The van der Waals surface area contributed by atoms with E-state index in [0.717, 1.165) is 15.9 Å². The number of amides is 1. The molecule has 0 bridgehead atoms. The van der Waals surface area contributed by atoms with Crippen LogP contribution in [0.3, 0.4) is 0 Å². The second-order valence-electron chi connectivity index (χ2n) is 5.37. The van der Waals surface area contributed by atoms with Crippen LogP contribution in [-0.2, 0) is 9.53 Å². The third-order valence-electron chi connectivity index (χ3n) is 3.41. The van der Waals surface area contributed by atoms with Crippen LogP contribution in [-0.4, -0.2) is 44.1 Å². The summed E-state index contributed by atoms with van der Waals surface area (Å²) in [7, 11) is 1.70. The van der Waals surface area contributed by atoms with E-state index in [4.69, 9.17) is 10.5 Å². The van der Waals surface area contributed by atoms with E-state index < -0.39 is 6.04 Å². The van der Waals surface area contributed by atoms with Crippen molar-refractivity contribution in [3.8, 4) is 0 Å². The van der Waals surface area contributed by atoms with Crippen molar-refractivity contribution in [1.29, 1.82) is 0 Å². The average Bonchev–Trinajstić information content (AvgIpc) is 2.66. The summed E-state index contributed by atoms with van der Waals surface area (Å²) in [6.07, 6.45) is 0.559. The van der Waals surface area contributed by atoms with Crippen LogP contribution in [0.5, 0.6) is 0 Å². The van der Waals surface area contributed by atoms with E-state index in [2.05, 4.69) is 5.32 Å². The van der Waals surface area contributed by atoms with Gasteiger partial charge in [0.15, 0.2) is 0 Å². The Bertz CT molecular complexity index is 728. The van der Waals surface area contributed by atoms with E-state index in [0.29, 0.717) is 18.6 Å². The number of benzene rings is 2. The summed E-state index contributed by atoms with van der Waals surface area (Å²) in [6.45, 7) is 2.10. The number of nitrogens with two attached hydrogens (primary N) is 1. The molecule has 0 radical (unpaired) electrons. The number of nitrogens with one attached hydrogen (secondary N) is 1. The van der Waals surface area contributed by atoms with Gasteiger partial charge < -0.3 is 0 Å². The van der Waals surface area contributed by atoms with Gasteiger partial charge in [0, 0.05) is 0 Å². The van der Waals surface area contributed by atoms with Crippen molar-refractivity contribution in [1.82, 2.24) is 0 Å². The molecule has 0 aliphatic heterocycles. The van der Waals surface area contributed by atoms with Crippen molar-refractivity contribution >= 4 is 46.0 Å². The Kier molecular flexibility index (Phi) is 8.71. The number of hydrogen-bond donors (Lipinski definition) is 2. The fourth-order valence-electron chi connectivity index (χ4n) is 2.09. The van der Waals surface area contributed by atoms with Gasteiger partial charge in [0.25, 0.3) is 0 Å². The van der Waals surface area contributed by atoms with Crippen molar-refractivity contribution in [3.63, 3.8) is 0 Å². The van der Waals surface area contributed by atoms with Gasteiger partial charge in [-0.15, -0.1) is 0 Å². The molecule has 2 aromatic carbocycles. The normalized spacial score (nSPS) is 11.6. The Morgan fingerprint density at radius 1 is 1.15 bits per heavy atom. The molecule has 3 N–H and O–H groups in total. The van der Waals surface area contributed by atoms with Gasteiger partial charge in [-0.3, -0.25) is 0 Å². The van der Waals surface area contributed by atoms with Crippen LogP contribution < -0.4 is 15.5 Å². The zero-order valence-corrected chi connectivity index (χ0v) is 17.0. The van der Waals surface area contributed by atoms with Gasteiger partial charge in [-0.2, -0.15) is 0 Å². The van der Waals surface area contributed by atoms with Crippen LogP contribution in [0.4, 0.5) is 5.69 Å². The van der Waals surface area contributed by atoms with Gasteiger partial charge in [-0.05, 0) is 0 Å². The van der Waals surface area contributed by atoms with Crippen molar-refractivity contribution in [2.24, 2.45) is 5.73 Å². The minimum atomic E-state index is -0.588. The number of esters is 1. The summed E-state index contributed by atoms with van der Waals surface area (Å²) in [5.41, 5.74) is 7.25. The Hall–Kier alpha value is -1.79. The molecule has 0 saturated carbocycles. The Labute approximate surface area is 163 Å². The SMILES string of the molecule is CCOC(=O)C(N)CCS[Se]c1ccccc1C(=O)Nc1ccccc1. The second-order valence-corrected chi connectivity index (χ2v) is 9.63. The van der Waals surface area contributed by atoms with Gasteiger partial charge in [-0.25, -0.2) is 0 Å². The maximum absolute atomic E-state index is 12.5. The molecule has 0 aliphatic carbocycles. The molecule has 7 heteroatoms. The topological polar surface area (TPSA) is 81.4 Å². The molecule has 1 atom stereocenters. The number of rotatable bonds is 9. The van der Waals surface area contributed by atoms with Gasteiger partial charge in [0.05, 0.1) is 0 Å². The third kappa shape index (κ3) is 6.50. The van der Waals surface area contributed by atoms with E-state index in [-0.39, 0.29) is 25.7 Å². The van der Waals surface area contributed by atoms with E-state index in [1.807, 2.05) is 54.6 Å². The number of carbonyl (C=O) groups excluding carboxylic acids is 2. The predicted octanol–water partition coefficient (Wildman–Crippen LogP) is 2.20. The predicted molar refractivity (Wildman–Crippen MR) is 108 cm³/mol. The first-order chi connectivity index (χ1) is 12.6. The van der Waals surface area contributed by atoms with Gasteiger partial charge in [0.1, 0.15) is 0 Å². The first kappa shape index (κ1) is 20.5. The summed E-state index contributed by atoms with van der Waals surface area (Å²) in [5.74, 6) is 0.273. The van der Waals surface area contributed by atoms with Crippen molar-refractivity contribution in [2.45, 2.75) is 19.4 Å². The van der Waals surface area contributed by atoms with E-state index in [1.165, 1.54) is 0 Å². The summed E-state index contributed by atoms with van der Waals surface area (Å²) < 4.78 is 5.92. The van der Waals surface area contributed by atoms with Crippen LogP contribution in [0.15, 0.2) is 54.6 Å². The quantitative estimate of drug-likeness (QED) is 0.357. The summed E-state index contributed by atoms with van der Waals surface area (Å²) in [5, 5.41) is 2.92. The molecule has 2 rings (SSSR count). The Morgan fingerprint density at radius 2 is 1.85 bits per heavy atom. The van der Waals surface area contributed by atoms with Crippen LogP contribution >= 0.6 is 10.2 Å². The summed E-state index contributed by atoms with van der Waals surface area (Å²) >= 11 is 0.0546. The molecule has 2 aromatic rings. The van der Waals surface area contributed by atoms with Gasteiger partial charge >= 0.3 is 163 Å². The van der Waals surface area contributed by atoms with E-state index in [1.54, 1.807) is 17.1 Å². The van der Waals surface area contributed by atoms with Crippen molar-refractivity contribution in [2.75, 3.05) is 17.7 Å². The number of carbonyl (C=O) groups is 2. The molecule has 0 heterocycles. The second kappa shape index (κ2) is 11.0. The summed E-state index contributed by atoms with van der Waals surface area (Å²) in [4.78, 5) is 24.1. The van der Waals surface area contributed by atoms with Crippen LogP contribution in [0, 0.1) is 0 Å². The molecular formula is C19H22N2O3SSe. The average molecular weight is 437 g/mol. The Morgan fingerprint density at radius 3 is 2.58 bits per heavy atom. The standard InChI is InChI=1S/C19H22N2O3SSe/c1-2-24-19(23)16(20)12-13-25-26-17-11-7-6-10-15(17)18(22)21-14-8-4-3-5-9-14/h3-11,16H,2,12-13,20H2,1H3,(H,21,22). The number of hydrogen-bond acceptors (Lipinski definition) is 5. The molecule has 138 valence electrons. The molecule has 0 aromatic heterocycles. The zero-order chi connectivity index (χ0) is 18.8. The first-order valence-corrected chi connectivity index (χ1v) is 12.2. The van der Waals surface area contributed by atoms with Crippen LogP contribution in [0.25, 0.3) is 0 Å². The van der Waals surface area contributed by atoms with Crippen molar-refractivity contribution in [3.05, 3.63) is 60.2 Å². The number of anilines is 1. The number of para-hydroxylation sites is 1.